The molecule has 4 rings (SSSR count). The third-order valence-electron chi connectivity index (χ3n) is 5.95. The number of amides is 2. The van der Waals surface area contributed by atoms with E-state index in [2.05, 4.69) is 11.4 Å². The van der Waals surface area contributed by atoms with Gasteiger partial charge in [0, 0.05) is 5.69 Å². The van der Waals surface area contributed by atoms with Gasteiger partial charge in [-0.1, -0.05) is 36.0 Å². The topological polar surface area (TPSA) is 135 Å². The molecule has 0 saturated carbocycles. The smallest absolute Gasteiger partial charge is 0.307 e. The van der Waals surface area contributed by atoms with Gasteiger partial charge in [-0.3, -0.25) is 19.3 Å². The second-order valence-electron chi connectivity index (χ2n) is 8.22. The number of hydrogen-bond acceptors (Lipinski definition) is 8. The zero-order valence-electron chi connectivity index (χ0n) is 19.9. The highest BCUT2D eigenvalue weighted by Gasteiger charge is 2.48. The van der Waals surface area contributed by atoms with Crippen LogP contribution in [0.5, 0.6) is 5.75 Å². The fourth-order valence-electron chi connectivity index (χ4n) is 4.19. The number of thioether (sulfide) groups is 1. The van der Waals surface area contributed by atoms with Crippen LogP contribution in [-0.4, -0.2) is 42.2 Å². The van der Waals surface area contributed by atoms with E-state index in [1.807, 2.05) is 25.1 Å². The Morgan fingerprint density at radius 2 is 1.92 bits per heavy atom. The van der Waals surface area contributed by atoms with Gasteiger partial charge in [0.05, 0.1) is 48.8 Å². The van der Waals surface area contributed by atoms with E-state index in [9.17, 15) is 19.6 Å². The summed E-state index contributed by atoms with van der Waals surface area (Å²) in [7, 11) is 2.78. The first-order valence-electron chi connectivity index (χ1n) is 11.0. The zero-order valence-corrected chi connectivity index (χ0v) is 20.7. The lowest BCUT2D eigenvalue weighted by Gasteiger charge is -2.32. The maximum atomic E-state index is 13.8. The lowest BCUT2D eigenvalue weighted by atomic mass is 9.82. The van der Waals surface area contributed by atoms with E-state index in [0.29, 0.717) is 17.0 Å². The van der Waals surface area contributed by atoms with Crippen molar-refractivity contribution in [3.05, 3.63) is 81.7 Å². The fourth-order valence-corrected chi connectivity index (χ4v) is 5.52. The molecule has 2 atom stereocenters. The molecule has 36 heavy (non-hydrogen) atoms. The Balaban J connectivity index is 1.87. The van der Waals surface area contributed by atoms with Crippen LogP contribution in [0.25, 0.3) is 0 Å². The molecule has 2 aromatic rings. The van der Waals surface area contributed by atoms with Gasteiger partial charge >= 0.3 is 5.97 Å². The van der Waals surface area contributed by atoms with Gasteiger partial charge < -0.3 is 20.5 Å². The molecule has 2 heterocycles. The molecule has 1 fully saturated rings. The minimum absolute atomic E-state index is 0.0611. The highest BCUT2D eigenvalue weighted by atomic mass is 32.2. The minimum atomic E-state index is -0.845. The number of nitrogens with zero attached hydrogens (tertiary/aromatic N) is 2. The molecule has 2 aromatic carbocycles. The van der Waals surface area contributed by atoms with E-state index in [1.165, 1.54) is 19.1 Å². The monoisotopic (exact) mass is 504 g/mol. The summed E-state index contributed by atoms with van der Waals surface area (Å²) in [5.74, 6) is -1.84. The fraction of sp³-hybridized carbons (Fsp3) is 0.231. The molecule has 0 radical (unpaired) electrons. The number of hydrogen-bond donors (Lipinski definition) is 2. The summed E-state index contributed by atoms with van der Waals surface area (Å²) >= 11 is 1.06. The van der Waals surface area contributed by atoms with Gasteiger partial charge in [-0.2, -0.15) is 5.26 Å². The number of fused-ring (bicyclic) bond motifs is 1. The number of ether oxygens (including phenoxy) is 2. The van der Waals surface area contributed by atoms with E-state index in [-0.39, 0.29) is 28.4 Å². The van der Waals surface area contributed by atoms with Gasteiger partial charge in [0.15, 0.2) is 0 Å². The highest BCUT2D eigenvalue weighted by Crippen LogP contribution is 2.50. The van der Waals surface area contributed by atoms with Crippen molar-refractivity contribution in [3.63, 3.8) is 0 Å². The molecule has 2 amide bonds. The Labute approximate surface area is 212 Å². The molecule has 2 aliphatic heterocycles. The van der Waals surface area contributed by atoms with Gasteiger partial charge in [0.1, 0.15) is 16.8 Å². The summed E-state index contributed by atoms with van der Waals surface area (Å²) in [6, 6.07) is 16.3. The van der Waals surface area contributed by atoms with Crippen LogP contribution in [0.15, 0.2) is 70.5 Å². The van der Waals surface area contributed by atoms with Crippen LogP contribution >= 0.6 is 11.8 Å². The SMILES string of the molecule is COC(=O)C[C@H]1SC2=C(C(=O)Nc3cccc(C)c3)[C@H](c3ccc(OC)cc3)C(C#N)=C(N)N2C1=O. The number of nitrogens with one attached hydrogen (secondary N) is 1. The van der Waals surface area contributed by atoms with E-state index in [1.54, 1.807) is 30.3 Å². The van der Waals surface area contributed by atoms with Crippen LogP contribution < -0.4 is 15.8 Å². The average Bonchev–Trinajstić information content (AvgIpc) is 3.19. The van der Waals surface area contributed by atoms with Crippen LogP contribution in [0.2, 0.25) is 0 Å². The molecule has 10 heteroatoms. The lowest BCUT2D eigenvalue weighted by Crippen LogP contribution is -2.39. The molecule has 0 aromatic heterocycles. The second-order valence-corrected chi connectivity index (χ2v) is 9.41. The van der Waals surface area contributed by atoms with Gasteiger partial charge in [0.25, 0.3) is 5.91 Å². The number of allylic oxidation sites excluding steroid dienone is 1. The van der Waals surface area contributed by atoms with Crippen molar-refractivity contribution in [2.45, 2.75) is 24.5 Å². The van der Waals surface area contributed by atoms with Crippen molar-refractivity contribution in [1.82, 2.24) is 4.90 Å². The number of carbonyl (C=O) groups excluding carboxylic acids is 3. The second kappa shape index (κ2) is 10.2. The number of carbonyl (C=O) groups is 3. The zero-order chi connectivity index (χ0) is 26.0. The number of nitriles is 1. The summed E-state index contributed by atoms with van der Waals surface area (Å²) < 4.78 is 9.98. The minimum Gasteiger partial charge on any atom is -0.497 e. The first-order valence-corrected chi connectivity index (χ1v) is 11.9. The van der Waals surface area contributed by atoms with E-state index in [0.717, 1.165) is 17.3 Å². The Kier molecular flexibility index (Phi) is 7.03. The Morgan fingerprint density at radius 3 is 2.53 bits per heavy atom. The summed E-state index contributed by atoms with van der Waals surface area (Å²) in [6.07, 6.45) is -0.199. The van der Waals surface area contributed by atoms with E-state index >= 15 is 0 Å². The maximum Gasteiger partial charge on any atom is 0.307 e. The number of benzene rings is 2. The molecule has 2 aliphatic rings. The van der Waals surface area contributed by atoms with Crippen LogP contribution in [0.1, 0.15) is 23.5 Å². The Hall–Kier alpha value is -4.23. The third-order valence-corrected chi connectivity index (χ3v) is 7.23. The molecule has 1 saturated heterocycles. The number of rotatable bonds is 6. The van der Waals surface area contributed by atoms with Crippen LogP contribution in [0.4, 0.5) is 5.69 Å². The molecule has 184 valence electrons. The predicted octanol–water partition coefficient (Wildman–Crippen LogP) is 3.15. The molecular formula is C26H24N4O5S. The third kappa shape index (κ3) is 4.53. The summed E-state index contributed by atoms with van der Waals surface area (Å²) in [6.45, 7) is 1.90. The first-order chi connectivity index (χ1) is 17.3. The van der Waals surface area contributed by atoms with Crippen molar-refractivity contribution < 1.29 is 23.9 Å². The predicted molar refractivity (Wildman–Crippen MR) is 134 cm³/mol. The lowest BCUT2D eigenvalue weighted by molar-refractivity contribution is -0.142. The quantitative estimate of drug-likeness (QED) is 0.573. The van der Waals surface area contributed by atoms with E-state index in [4.69, 9.17) is 15.2 Å². The molecule has 0 bridgehead atoms. The largest absolute Gasteiger partial charge is 0.497 e. The molecule has 0 unspecified atom stereocenters. The average molecular weight is 505 g/mol. The van der Waals surface area contributed by atoms with Crippen LogP contribution in [-0.2, 0) is 19.1 Å². The Bertz CT molecular complexity index is 1340. The number of methoxy groups -OCH3 is 2. The molecule has 9 nitrogen and oxygen atoms in total. The summed E-state index contributed by atoms with van der Waals surface area (Å²) in [5, 5.41) is 12.4. The van der Waals surface area contributed by atoms with Crippen molar-refractivity contribution >= 4 is 35.2 Å². The summed E-state index contributed by atoms with van der Waals surface area (Å²) in [5.41, 5.74) is 8.75. The summed E-state index contributed by atoms with van der Waals surface area (Å²) in [4.78, 5) is 40.1. The normalized spacial score (nSPS) is 19.1. The Morgan fingerprint density at radius 1 is 1.19 bits per heavy atom. The molecule has 0 spiro atoms. The van der Waals surface area contributed by atoms with Crippen LogP contribution in [0, 0.1) is 18.3 Å². The number of anilines is 1. The molecule has 3 N–H and O–H groups in total. The van der Waals surface area contributed by atoms with Crippen molar-refractivity contribution in [3.8, 4) is 11.8 Å². The van der Waals surface area contributed by atoms with Crippen LogP contribution in [0.3, 0.4) is 0 Å². The number of esters is 1. The highest BCUT2D eigenvalue weighted by molar-refractivity contribution is 8.04. The van der Waals surface area contributed by atoms with Gasteiger partial charge in [-0.05, 0) is 42.3 Å². The molecule has 0 aliphatic carbocycles. The van der Waals surface area contributed by atoms with Crippen molar-refractivity contribution in [1.29, 1.82) is 5.26 Å². The number of aryl methyl sites for hydroxylation is 1. The maximum absolute atomic E-state index is 13.8. The number of nitrogens with two attached hydrogens (primary N) is 1. The standard InChI is InChI=1S/C26H24N4O5S/c1-14-5-4-6-16(11-14)29-24(32)22-21(15-7-9-17(34-2)10-8-15)18(13-27)23(28)30-25(33)19(36-26(22)30)12-20(31)35-3/h4-11,19,21H,12,28H2,1-3H3,(H,29,32)/t19-,21-/m1/s1. The van der Waals surface area contributed by atoms with Gasteiger partial charge in [0.2, 0.25) is 5.91 Å². The first kappa shape index (κ1) is 24.9. The molecular weight excluding hydrogens is 480 g/mol. The van der Waals surface area contributed by atoms with Crippen molar-refractivity contribution in [2.24, 2.45) is 5.73 Å². The van der Waals surface area contributed by atoms with Gasteiger partial charge in [-0.25, -0.2) is 0 Å². The van der Waals surface area contributed by atoms with Crippen molar-refractivity contribution in [2.75, 3.05) is 19.5 Å². The van der Waals surface area contributed by atoms with E-state index < -0.39 is 29.0 Å². The van der Waals surface area contributed by atoms with Gasteiger partial charge in [-0.15, -0.1) is 0 Å².